The van der Waals surface area contributed by atoms with E-state index in [4.69, 9.17) is 10.2 Å². The Bertz CT molecular complexity index is 441. The molecule has 2 rings (SSSR count). The summed E-state index contributed by atoms with van der Waals surface area (Å²) < 4.78 is 5.28. The average Bonchev–Trinajstić information content (AvgIpc) is 2.81. The Kier molecular flexibility index (Phi) is 3.16. The van der Waals surface area contributed by atoms with Gasteiger partial charge >= 0.3 is 0 Å². The zero-order chi connectivity index (χ0) is 11.4. The number of hydrogen-bond acceptors (Lipinski definition) is 5. The van der Waals surface area contributed by atoms with Crippen LogP contribution in [-0.2, 0) is 13.1 Å². The lowest BCUT2D eigenvalue weighted by Gasteiger charge is -2.18. The monoisotopic (exact) mass is 218 g/mol. The minimum Gasteiger partial charge on any atom is -0.467 e. The van der Waals surface area contributed by atoms with E-state index in [-0.39, 0.29) is 0 Å². The van der Waals surface area contributed by atoms with E-state index in [9.17, 15) is 0 Å². The summed E-state index contributed by atoms with van der Waals surface area (Å²) in [5, 5.41) is 0. The van der Waals surface area contributed by atoms with Crippen LogP contribution in [0.5, 0.6) is 0 Å². The summed E-state index contributed by atoms with van der Waals surface area (Å²) in [4.78, 5) is 10.4. The van der Waals surface area contributed by atoms with Crippen LogP contribution in [0.4, 0.5) is 5.82 Å². The third-order valence-electron chi connectivity index (χ3n) is 2.28. The Morgan fingerprint density at radius 1 is 1.38 bits per heavy atom. The van der Waals surface area contributed by atoms with Gasteiger partial charge in [0.2, 0.25) is 0 Å². The SMILES string of the molecule is CN(Cc1ccco1)c1nccnc1CN. The fourth-order valence-electron chi connectivity index (χ4n) is 1.53. The van der Waals surface area contributed by atoms with Gasteiger partial charge in [-0.05, 0) is 12.1 Å². The summed E-state index contributed by atoms with van der Waals surface area (Å²) in [6, 6.07) is 3.79. The van der Waals surface area contributed by atoms with Crippen molar-refractivity contribution in [3.05, 3.63) is 42.2 Å². The van der Waals surface area contributed by atoms with Crippen molar-refractivity contribution < 1.29 is 4.42 Å². The molecule has 0 aromatic carbocycles. The Labute approximate surface area is 93.9 Å². The Morgan fingerprint density at radius 3 is 2.88 bits per heavy atom. The fraction of sp³-hybridized carbons (Fsp3) is 0.273. The molecule has 2 N–H and O–H groups in total. The molecule has 0 aliphatic carbocycles. The van der Waals surface area contributed by atoms with Crippen molar-refractivity contribution in [2.45, 2.75) is 13.1 Å². The molecule has 0 bridgehead atoms. The van der Waals surface area contributed by atoms with E-state index in [0.717, 1.165) is 17.3 Å². The highest BCUT2D eigenvalue weighted by Gasteiger charge is 2.10. The molecule has 16 heavy (non-hydrogen) atoms. The van der Waals surface area contributed by atoms with Gasteiger partial charge in [-0.15, -0.1) is 0 Å². The van der Waals surface area contributed by atoms with Gasteiger partial charge < -0.3 is 15.1 Å². The predicted molar refractivity (Wildman–Crippen MR) is 60.7 cm³/mol. The highest BCUT2D eigenvalue weighted by molar-refractivity contribution is 5.42. The largest absolute Gasteiger partial charge is 0.467 e. The molecule has 0 spiro atoms. The Morgan fingerprint density at radius 2 is 2.19 bits per heavy atom. The number of nitrogens with two attached hydrogens (primary N) is 1. The van der Waals surface area contributed by atoms with E-state index in [2.05, 4.69) is 9.97 Å². The third kappa shape index (κ3) is 2.20. The topological polar surface area (TPSA) is 68.2 Å². The highest BCUT2D eigenvalue weighted by Crippen LogP contribution is 2.15. The summed E-state index contributed by atoms with van der Waals surface area (Å²) in [5.41, 5.74) is 6.40. The zero-order valence-electron chi connectivity index (χ0n) is 9.13. The number of aromatic nitrogens is 2. The number of nitrogens with zero attached hydrogens (tertiary/aromatic N) is 3. The lowest BCUT2D eigenvalue weighted by molar-refractivity contribution is 0.506. The van der Waals surface area contributed by atoms with Gasteiger partial charge in [0.05, 0.1) is 18.5 Å². The first-order valence-corrected chi connectivity index (χ1v) is 5.04. The molecule has 84 valence electrons. The predicted octanol–water partition coefficient (Wildman–Crippen LogP) is 1.16. The van der Waals surface area contributed by atoms with Crippen molar-refractivity contribution in [2.24, 2.45) is 5.73 Å². The van der Waals surface area contributed by atoms with E-state index in [1.54, 1.807) is 18.7 Å². The van der Waals surface area contributed by atoms with Crippen molar-refractivity contribution in [3.8, 4) is 0 Å². The first-order valence-electron chi connectivity index (χ1n) is 5.04. The van der Waals surface area contributed by atoms with E-state index in [0.29, 0.717) is 13.1 Å². The normalized spacial score (nSPS) is 10.4. The highest BCUT2D eigenvalue weighted by atomic mass is 16.3. The van der Waals surface area contributed by atoms with E-state index < -0.39 is 0 Å². The van der Waals surface area contributed by atoms with Gasteiger partial charge in [0.1, 0.15) is 5.76 Å². The maximum Gasteiger partial charge on any atom is 0.151 e. The number of furan rings is 1. The lowest BCUT2D eigenvalue weighted by Crippen LogP contribution is -2.20. The molecule has 5 heteroatoms. The third-order valence-corrected chi connectivity index (χ3v) is 2.28. The summed E-state index contributed by atoms with van der Waals surface area (Å²) in [6.45, 7) is 1.03. The van der Waals surface area contributed by atoms with Crippen LogP contribution in [0, 0.1) is 0 Å². The molecule has 0 saturated carbocycles. The van der Waals surface area contributed by atoms with Crippen LogP contribution in [-0.4, -0.2) is 17.0 Å². The molecule has 0 saturated heterocycles. The van der Waals surface area contributed by atoms with Crippen LogP contribution in [0.25, 0.3) is 0 Å². The quantitative estimate of drug-likeness (QED) is 0.834. The molecule has 0 aliphatic heterocycles. The number of hydrogen-bond donors (Lipinski definition) is 1. The smallest absolute Gasteiger partial charge is 0.151 e. The average molecular weight is 218 g/mol. The Balaban J connectivity index is 2.17. The van der Waals surface area contributed by atoms with Crippen molar-refractivity contribution in [3.63, 3.8) is 0 Å². The van der Waals surface area contributed by atoms with Crippen LogP contribution in [0.3, 0.4) is 0 Å². The molecular formula is C11H14N4O. The molecule has 2 aromatic rings. The first kappa shape index (κ1) is 10.6. The van der Waals surface area contributed by atoms with Gasteiger partial charge in [-0.3, -0.25) is 4.98 Å². The maximum atomic E-state index is 5.61. The summed E-state index contributed by atoms with van der Waals surface area (Å²) >= 11 is 0. The molecule has 0 amide bonds. The molecule has 0 aliphatic rings. The molecule has 2 heterocycles. The molecule has 2 aromatic heterocycles. The number of rotatable bonds is 4. The van der Waals surface area contributed by atoms with Crippen molar-refractivity contribution in [1.29, 1.82) is 0 Å². The first-order chi connectivity index (χ1) is 7.81. The number of anilines is 1. The van der Waals surface area contributed by atoms with Gasteiger partial charge in [0.15, 0.2) is 5.82 Å². The van der Waals surface area contributed by atoms with Gasteiger partial charge in [-0.2, -0.15) is 0 Å². The molecule has 0 fully saturated rings. The van der Waals surface area contributed by atoms with Crippen LogP contribution < -0.4 is 10.6 Å². The van der Waals surface area contributed by atoms with E-state index in [1.165, 1.54) is 0 Å². The second-order valence-corrected chi connectivity index (χ2v) is 3.47. The second-order valence-electron chi connectivity index (χ2n) is 3.47. The van der Waals surface area contributed by atoms with Crippen LogP contribution in [0.2, 0.25) is 0 Å². The molecule has 0 atom stereocenters. The second kappa shape index (κ2) is 4.76. The van der Waals surface area contributed by atoms with Gasteiger partial charge in [0.25, 0.3) is 0 Å². The standard InChI is InChI=1S/C11H14N4O/c1-15(8-9-3-2-6-16-9)11-10(7-12)13-4-5-14-11/h2-6H,7-8,12H2,1H3. The summed E-state index contributed by atoms with van der Waals surface area (Å²) in [7, 11) is 1.94. The molecule has 5 nitrogen and oxygen atoms in total. The van der Waals surface area contributed by atoms with Gasteiger partial charge in [0, 0.05) is 26.0 Å². The van der Waals surface area contributed by atoms with Gasteiger partial charge in [-0.25, -0.2) is 4.98 Å². The van der Waals surface area contributed by atoms with Crippen LogP contribution in [0.1, 0.15) is 11.5 Å². The molecular weight excluding hydrogens is 204 g/mol. The summed E-state index contributed by atoms with van der Waals surface area (Å²) in [5.74, 6) is 1.68. The molecule has 0 radical (unpaired) electrons. The maximum absolute atomic E-state index is 5.61. The summed E-state index contributed by atoms with van der Waals surface area (Å²) in [6.07, 6.45) is 4.96. The van der Waals surface area contributed by atoms with Gasteiger partial charge in [-0.1, -0.05) is 0 Å². The minimum atomic E-state index is 0.381. The van der Waals surface area contributed by atoms with Crippen LogP contribution >= 0.6 is 0 Å². The minimum absolute atomic E-state index is 0.381. The van der Waals surface area contributed by atoms with E-state index in [1.807, 2.05) is 24.1 Å². The van der Waals surface area contributed by atoms with Crippen LogP contribution in [0.15, 0.2) is 35.2 Å². The molecule has 0 unspecified atom stereocenters. The van der Waals surface area contributed by atoms with Crippen molar-refractivity contribution in [1.82, 2.24) is 9.97 Å². The van der Waals surface area contributed by atoms with Crippen molar-refractivity contribution >= 4 is 5.82 Å². The van der Waals surface area contributed by atoms with E-state index >= 15 is 0 Å². The Hall–Kier alpha value is -1.88. The lowest BCUT2D eigenvalue weighted by atomic mass is 10.3. The zero-order valence-corrected chi connectivity index (χ0v) is 9.13. The fourth-order valence-corrected chi connectivity index (χ4v) is 1.53. The van der Waals surface area contributed by atoms with Crippen molar-refractivity contribution in [2.75, 3.05) is 11.9 Å².